The molecule has 0 aliphatic rings. The Morgan fingerprint density at radius 1 is 1.53 bits per heavy atom. The van der Waals surface area contributed by atoms with Crippen molar-refractivity contribution in [3.05, 3.63) is 6.07 Å². The summed E-state index contributed by atoms with van der Waals surface area (Å²) in [4.78, 5) is 10.4. The summed E-state index contributed by atoms with van der Waals surface area (Å²) in [6.07, 6.45) is 1.90. The second-order valence-electron chi connectivity index (χ2n) is 4.41. The van der Waals surface area contributed by atoms with Gasteiger partial charge in [0.05, 0.1) is 5.60 Å². The number of nitrogens with two attached hydrogens (primary N) is 1. The van der Waals surface area contributed by atoms with Crippen molar-refractivity contribution in [1.82, 2.24) is 9.97 Å². The molecule has 1 aromatic rings. The summed E-state index contributed by atoms with van der Waals surface area (Å²) in [6, 6.07) is 1.74. The minimum atomic E-state index is -0.782. The van der Waals surface area contributed by atoms with Gasteiger partial charge < -0.3 is 15.4 Å². The van der Waals surface area contributed by atoms with Gasteiger partial charge >= 0.3 is 0 Å². The van der Waals surface area contributed by atoms with E-state index in [1.807, 2.05) is 18.2 Å². The van der Waals surface area contributed by atoms with E-state index >= 15 is 0 Å². The van der Waals surface area contributed by atoms with Gasteiger partial charge in [-0.2, -0.15) is 0 Å². The fourth-order valence-electron chi connectivity index (χ4n) is 1.44. The number of hydrogen-bond donors (Lipinski definition) is 3. The fraction of sp³-hybridized carbons (Fsp3) is 0.600. The third kappa shape index (κ3) is 4.37. The highest BCUT2D eigenvalue weighted by molar-refractivity contribution is 7.98. The first-order chi connectivity index (χ1) is 7.85. The van der Waals surface area contributed by atoms with Crippen LogP contribution in [0.5, 0.6) is 0 Å². The number of nitrogens with zero attached hydrogens (tertiary/aromatic N) is 3. The number of anilines is 2. The molecule has 0 fully saturated rings. The molecule has 6 nitrogen and oxygen atoms in total. The zero-order valence-corrected chi connectivity index (χ0v) is 11.4. The van der Waals surface area contributed by atoms with Gasteiger partial charge in [-0.1, -0.05) is 11.8 Å². The summed E-state index contributed by atoms with van der Waals surface area (Å²) in [5, 5.41) is 10.4. The minimum Gasteiger partial charge on any atom is -0.389 e. The van der Waals surface area contributed by atoms with E-state index in [1.54, 1.807) is 19.9 Å². The molecule has 4 N–H and O–H groups in total. The first kappa shape index (κ1) is 14.0. The van der Waals surface area contributed by atoms with Gasteiger partial charge in [0, 0.05) is 19.7 Å². The minimum absolute atomic E-state index is 0.474. The van der Waals surface area contributed by atoms with Crippen molar-refractivity contribution in [3.8, 4) is 0 Å². The van der Waals surface area contributed by atoms with E-state index in [2.05, 4.69) is 15.4 Å². The van der Waals surface area contributed by atoms with Crippen molar-refractivity contribution in [3.63, 3.8) is 0 Å². The highest BCUT2D eigenvalue weighted by Crippen LogP contribution is 2.20. The van der Waals surface area contributed by atoms with Crippen molar-refractivity contribution in [1.29, 1.82) is 0 Å². The lowest BCUT2D eigenvalue weighted by molar-refractivity contribution is 0.0884. The average molecular weight is 257 g/mol. The molecule has 0 aromatic carbocycles. The monoisotopic (exact) mass is 257 g/mol. The van der Waals surface area contributed by atoms with E-state index in [1.165, 1.54) is 11.8 Å². The Morgan fingerprint density at radius 2 is 2.18 bits per heavy atom. The predicted octanol–water partition coefficient (Wildman–Crippen LogP) is 0.691. The highest BCUT2D eigenvalue weighted by Gasteiger charge is 2.17. The van der Waals surface area contributed by atoms with E-state index in [9.17, 15) is 5.11 Å². The van der Waals surface area contributed by atoms with E-state index in [0.717, 1.165) is 5.82 Å². The lowest BCUT2D eigenvalue weighted by Gasteiger charge is -2.26. The Bertz CT molecular complexity index is 357. The van der Waals surface area contributed by atoms with Crippen LogP contribution in [0.1, 0.15) is 13.8 Å². The fourth-order valence-corrected chi connectivity index (χ4v) is 1.81. The van der Waals surface area contributed by atoms with Crippen LogP contribution < -0.4 is 16.2 Å². The second-order valence-corrected chi connectivity index (χ2v) is 5.18. The number of hydrazine groups is 1. The number of nitrogen functional groups attached to an aromatic ring is 1. The van der Waals surface area contributed by atoms with E-state index in [-0.39, 0.29) is 0 Å². The number of hydrogen-bond acceptors (Lipinski definition) is 7. The summed E-state index contributed by atoms with van der Waals surface area (Å²) in [6.45, 7) is 3.98. The number of aliphatic hydroxyl groups is 1. The molecule has 96 valence electrons. The van der Waals surface area contributed by atoms with Crippen LogP contribution in [-0.2, 0) is 0 Å². The normalized spacial score (nSPS) is 11.4. The van der Waals surface area contributed by atoms with Crippen LogP contribution in [-0.4, -0.2) is 40.5 Å². The zero-order valence-electron chi connectivity index (χ0n) is 10.6. The molecule has 0 saturated carbocycles. The van der Waals surface area contributed by atoms with Crippen LogP contribution in [0, 0.1) is 0 Å². The predicted molar refractivity (Wildman–Crippen MR) is 71.2 cm³/mol. The third-order valence-corrected chi connectivity index (χ3v) is 2.59. The van der Waals surface area contributed by atoms with Crippen LogP contribution in [0.25, 0.3) is 0 Å². The maximum Gasteiger partial charge on any atom is 0.191 e. The van der Waals surface area contributed by atoms with Gasteiger partial charge in [-0.05, 0) is 20.1 Å². The van der Waals surface area contributed by atoms with Gasteiger partial charge in [0.15, 0.2) is 5.16 Å². The first-order valence-corrected chi connectivity index (χ1v) is 6.41. The highest BCUT2D eigenvalue weighted by atomic mass is 32.2. The molecule has 1 heterocycles. The molecule has 1 rings (SSSR count). The van der Waals surface area contributed by atoms with Crippen molar-refractivity contribution in [2.24, 2.45) is 5.84 Å². The van der Waals surface area contributed by atoms with Crippen molar-refractivity contribution < 1.29 is 5.11 Å². The quantitative estimate of drug-likeness (QED) is 0.309. The number of nitrogens with one attached hydrogen (secondary N) is 1. The molecule has 0 amide bonds. The molecular weight excluding hydrogens is 238 g/mol. The van der Waals surface area contributed by atoms with Gasteiger partial charge in [-0.3, -0.25) is 0 Å². The average Bonchev–Trinajstić information content (AvgIpc) is 2.26. The molecule has 0 atom stereocenters. The summed E-state index contributed by atoms with van der Waals surface area (Å²) in [7, 11) is 1.87. The largest absolute Gasteiger partial charge is 0.389 e. The molecule has 0 unspecified atom stereocenters. The van der Waals surface area contributed by atoms with Crippen molar-refractivity contribution in [2.75, 3.05) is 30.2 Å². The van der Waals surface area contributed by atoms with Crippen molar-refractivity contribution >= 4 is 23.4 Å². The lowest BCUT2D eigenvalue weighted by Crippen LogP contribution is -2.36. The SMILES string of the molecule is CSc1nc(NN)cc(N(C)CC(C)(C)O)n1. The maximum atomic E-state index is 9.77. The molecule has 7 heteroatoms. The Hall–Kier alpha value is -1.05. The smallest absolute Gasteiger partial charge is 0.191 e. The molecule has 17 heavy (non-hydrogen) atoms. The van der Waals surface area contributed by atoms with Crippen LogP contribution >= 0.6 is 11.8 Å². The van der Waals surface area contributed by atoms with Gasteiger partial charge in [-0.25, -0.2) is 15.8 Å². The molecule has 0 saturated heterocycles. The topological polar surface area (TPSA) is 87.3 Å². The Labute approximate surface area is 106 Å². The van der Waals surface area contributed by atoms with Gasteiger partial charge in [0.25, 0.3) is 0 Å². The molecule has 1 aromatic heterocycles. The summed E-state index contributed by atoms with van der Waals surface area (Å²) in [5.74, 6) is 6.63. The standard InChI is InChI=1S/C10H19N5OS/c1-10(2,16)6-15(3)8-5-7(14-11)12-9(13-8)17-4/h5,16H,6,11H2,1-4H3,(H,12,13,14). The van der Waals surface area contributed by atoms with Crippen LogP contribution in [0.15, 0.2) is 11.2 Å². The number of likely N-dealkylation sites (N-methyl/N-ethyl adjacent to an activating group) is 1. The van der Waals surface area contributed by atoms with Crippen LogP contribution in [0.2, 0.25) is 0 Å². The Morgan fingerprint density at radius 3 is 2.65 bits per heavy atom. The maximum absolute atomic E-state index is 9.77. The molecule has 0 radical (unpaired) electrons. The Balaban J connectivity index is 2.96. The second kappa shape index (κ2) is 5.52. The molecule has 0 aliphatic carbocycles. The van der Waals surface area contributed by atoms with Gasteiger partial charge in [0.1, 0.15) is 11.6 Å². The molecule has 0 bridgehead atoms. The number of thioether (sulfide) groups is 1. The van der Waals surface area contributed by atoms with Crippen LogP contribution in [0.3, 0.4) is 0 Å². The van der Waals surface area contributed by atoms with Crippen molar-refractivity contribution in [2.45, 2.75) is 24.6 Å². The third-order valence-electron chi connectivity index (χ3n) is 2.04. The van der Waals surface area contributed by atoms with E-state index in [0.29, 0.717) is 17.5 Å². The first-order valence-electron chi connectivity index (χ1n) is 5.19. The number of aromatic nitrogens is 2. The Kier molecular flexibility index (Phi) is 4.55. The van der Waals surface area contributed by atoms with Crippen LogP contribution in [0.4, 0.5) is 11.6 Å². The molecular formula is C10H19N5OS. The lowest BCUT2D eigenvalue weighted by atomic mass is 10.1. The van der Waals surface area contributed by atoms with Gasteiger partial charge in [0.2, 0.25) is 0 Å². The summed E-state index contributed by atoms with van der Waals surface area (Å²) in [5.41, 5.74) is 1.72. The number of rotatable bonds is 5. The summed E-state index contributed by atoms with van der Waals surface area (Å²) < 4.78 is 0. The molecule has 0 aliphatic heterocycles. The van der Waals surface area contributed by atoms with E-state index in [4.69, 9.17) is 5.84 Å². The zero-order chi connectivity index (χ0) is 13.1. The van der Waals surface area contributed by atoms with Gasteiger partial charge in [-0.15, -0.1) is 0 Å². The molecule has 0 spiro atoms. The summed E-state index contributed by atoms with van der Waals surface area (Å²) >= 11 is 1.44. The van der Waals surface area contributed by atoms with E-state index < -0.39 is 5.60 Å².